The molecule has 1 saturated carbocycles. The second-order valence-electron chi connectivity index (χ2n) is 5.07. The number of nitrogens with two attached hydrogens (primary N) is 1. The van der Waals surface area contributed by atoms with Crippen LogP contribution in [0.1, 0.15) is 31.5 Å². The van der Waals surface area contributed by atoms with E-state index >= 15 is 0 Å². The van der Waals surface area contributed by atoms with E-state index in [2.05, 4.69) is 14.9 Å². The molecule has 3 N–H and O–H groups in total. The van der Waals surface area contributed by atoms with Gasteiger partial charge in [0.2, 0.25) is 5.91 Å². The number of nitrogens with one attached hydrogen (secondary N) is 1. The van der Waals surface area contributed by atoms with Crippen molar-refractivity contribution in [2.45, 2.75) is 45.2 Å². The van der Waals surface area contributed by atoms with Gasteiger partial charge in [-0.15, -0.1) is 0 Å². The van der Waals surface area contributed by atoms with E-state index in [1.807, 2.05) is 19.3 Å². The highest BCUT2D eigenvalue weighted by atomic mass is 16.1. The zero-order chi connectivity index (χ0) is 13.0. The summed E-state index contributed by atoms with van der Waals surface area (Å²) in [7, 11) is 0. The summed E-state index contributed by atoms with van der Waals surface area (Å²) in [5, 5.41) is 3.55. The van der Waals surface area contributed by atoms with E-state index in [1.54, 1.807) is 0 Å². The highest BCUT2D eigenvalue weighted by Crippen LogP contribution is 2.23. The lowest BCUT2D eigenvalue weighted by Gasteiger charge is -2.27. The first-order chi connectivity index (χ1) is 8.66. The first kappa shape index (κ1) is 13.1. The Bertz CT molecular complexity index is 393. The van der Waals surface area contributed by atoms with E-state index in [9.17, 15) is 4.79 Å². The molecule has 1 amide bonds. The fourth-order valence-electron chi connectivity index (χ4n) is 2.61. The zero-order valence-corrected chi connectivity index (χ0v) is 10.9. The van der Waals surface area contributed by atoms with Crippen molar-refractivity contribution in [1.29, 1.82) is 0 Å². The molecule has 0 aliphatic heterocycles. The molecule has 1 heterocycles. The summed E-state index contributed by atoms with van der Waals surface area (Å²) in [6, 6.07) is 0.532. The third kappa shape index (κ3) is 3.32. The Morgan fingerprint density at radius 1 is 1.50 bits per heavy atom. The van der Waals surface area contributed by atoms with Gasteiger partial charge in [-0.3, -0.25) is 4.79 Å². The summed E-state index contributed by atoms with van der Waals surface area (Å²) >= 11 is 0. The van der Waals surface area contributed by atoms with Crippen LogP contribution in [-0.2, 0) is 11.3 Å². The predicted molar refractivity (Wildman–Crippen MR) is 69.9 cm³/mol. The third-order valence-corrected chi connectivity index (χ3v) is 3.84. The van der Waals surface area contributed by atoms with Gasteiger partial charge in [-0.25, -0.2) is 4.98 Å². The summed E-state index contributed by atoms with van der Waals surface area (Å²) in [5.74, 6) is 1.01. The molecular formula is C13H22N4O. The predicted octanol–water partition coefficient (Wildman–Crippen LogP) is 0.825. The second kappa shape index (κ2) is 6.00. The van der Waals surface area contributed by atoms with Crippen LogP contribution < -0.4 is 11.1 Å². The summed E-state index contributed by atoms with van der Waals surface area (Å²) in [5.41, 5.74) is 5.32. The van der Waals surface area contributed by atoms with Crippen LogP contribution in [0.25, 0.3) is 0 Å². The molecule has 0 radical (unpaired) electrons. The number of hydrogen-bond donors (Lipinski definition) is 2. The van der Waals surface area contributed by atoms with Crippen LogP contribution in [0.4, 0.5) is 0 Å². The van der Waals surface area contributed by atoms with Crippen LogP contribution in [0.5, 0.6) is 0 Å². The number of primary amides is 1. The maximum absolute atomic E-state index is 11.1. The zero-order valence-electron chi connectivity index (χ0n) is 10.9. The average molecular weight is 250 g/mol. The molecule has 5 nitrogen and oxygen atoms in total. The SMILES string of the molecule is Cc1nccn1CCNC1CCC(C(N)=O)CC1. The molecule has 100 valence electrons. The van der Waals surface area contributed by atoms with Crippen molar-refractivity contribution in [3.63, 3.8) is 0 Å². The Balaban J connectivity index is 1.67. The van der Waals surface area contributed by atoms with Gasteiger partial charge in [0.1, 0.15) is 5.82 Å². The molecule has 0 aromatic carbocycles. The molecule has 1 aliphatic carbocycles. The summed E-state index contributed by atoms with van der Waals surface area (Å²) < 4.78 is 2.14. The largest absolute Gasteiger partial charge is 0.369 e. The molecule has 0 bridgehead atoms. The molecule has 0 saturated heterocycles. The number of carbonyl (C=O) groups is 1. The van der Waals surface area contributed by atoms with Crippen LogP contribution >= 0.6 is 0 Å². The molecule has 1 aromatic rings. The Labute approximate surface area is 108 Å². The molecule has 2 rings (SSSR count). The second-order valence-corrected chi connectivity index (χ2v) is 5.07. The van der Waals surface area contributed by atoms with Crippen molar-refractivity contribution in [3.05, 3.63) is 18.2 Å². The molecular weight excluding hydrogens is 228 g/mol. The van der Waals surface area contributed by atoms with Gasteiger partial charge >= 0.3 is 0 Å². The fraction of sp³-hybridized carbons (Fsp3) is 0.692. The van der Waals surface area contributed by atoms with E-state index < -0.39 is 0 Å². The first-order valence-corrected chi connectivity index (χ1v) is 6.67. The van der Waals surface area contributed by atoms with E-state index in [4.69, 9.17) is 5.73 Å². The molecule has 0 atom stereocenters. The number of imidazole rings is 1. The van der Waals surface area contributed by atoms with Crippen LogP contribution in [0.15, 0.2) is 12.4 Å². The summed E-state index contributed by atoms with van der Waals surface area (Å²) in [6.07, 6.45) is 7.79. The summed E-state index contributed by atoms with van der Waals surface area (Å²) in [4.78, 5) is 15.3. The lowest BCUT2D eigenvalue weighted by atomic mass is 9.85. The molecule has 18 heavy (non-hydrogen) atoms. The molecule has 5 heteroatoms. The standard InChI is InChI=1S/C13H22N4O/c1-10-15-6-8-17(10)9-7-16-12-4-2-11(3-5-12)13(14)18/h6,8,11-12,16H,2-5,7,9H2,1H3,(H2,14,18). The van der Waals surface area contributed by atoms with Gasteiger partial charge < -0.3 is 15.6 Å². The highest BCUT2D eigenvalue weighted by Gasteiger charge is 2.23. The van der Waals surface area contributed by atoms with Crippen molar-refractivity contribution in [2.75, 3.05) is 6.54 Å². The Morgan fingerprint density at radius 3 is 2.78 bits per heavy atom. The fourth-order valence-corrected chi connectivity index (χ4v) is 2.61. The Morgan fingerprint density at radius 2 is 2.22 bits per heavy atom. The maximum atomic E-state index is 11.1. The smallest absolute Gasteiger partial charge is 0.220 e. The van der Waals surface area contributed by atoms with E-state index in [1.165, 1.54) is 0 Å². The quantitative estimate of drug-likeness (QED) is 0.813. The maximum Gasteiger partial charge on any atom is 0.220 e. The van der Waals surface area contributed by atoms with Crippen LogP contribution in [0, 0.1) is 12.8 Å². The lowest BCUT2D eigenvalue weighted by Crippen LogP contribution is -2.38. The first-order valence-electron chi connectivity index (χ1n) is 6.67. The van der Waals surface area contributed by atoms with Gasteiger partial charge in [0.25, 0.3) is 0 Å². The van der Waals surface area contributed by atoms with Crippen LogP contribution in [0.2, 0.25) is 0 Å². The topological polar surface area (TPSA) is 72.9 Å². The van der Waals surface area contributed by atoms with Crippen molar-refractivity contribution >= 4 is 5.91 Å². The molecule has 0 spiro atoms. The molecule has 1 aliphatic rings. The number of carbonyl (C=O) groups excluding carboxylic acids is 1. The number of amides is 1. The van der Waals surface area contributed by atoms with Gasteiger partial charge in [0.05, 0.1) is 0 Å². The highest BCUT2D eigenvalue weighted by molar-refractivity contribution is 5.76. The normalized spacial score (nSPS) is 24.1. The van der Waals surface area contributed by atoms with Crippen molar-refractivity contribution in [2.24, 2.45) is 11.7 Å². The van der Waals surface area contributed by atoms with E-state index in [-0.39, 0.29) is 11.8 Å². The van der Waals surface area contributed by atoms with Gasteiger partial charge in [0, 0.05) is 37.4 Å². The molecule has 0 unspecified atom stereocenters. The van der Waals surface area contributed by atoms with Crippen LogP contribution in [-0.4, -0.2) is 28.0 Å². The minimum Gasteiger partial charge on any atom is -0.369 e. The minimum atomic E-state index is -0.137. The van der Waals surface area contributed by atoms with Gasteiger partial charge in [-0.2, -0.15) is 0 Å². The van der Waals surface area contributed by atoms with E-state index in [0.29, 0.717) is 6.04 Å². The minimum absolute atomic E-state index is 0.0962. The number of nitrogens with zero attached hydrogens (tertiary/aromatic N) is 2. The number of aryl methyl sites for hydroxylation is 1. The van der Waals surface area contributed by atoms with Gasteiger partial charge in [-0.1, -0.05) is 0 Å². The van der Waals surface area contributed by atoms with Crippen LogP contribution in [0.3, 0.4) is 0 Å². The number of rotatable bonds is 5. The van der Waals surface area contributed by atoms with Crippen molar-refractivity contribution in [3.8, 4) is 0 Å². The molecule has 1 fully saturated rings. The van der Waals surface area contributed by atoms with Gasteiger partial charge in [0.15, 0.2) is 0 Å². The van der Waals surface area contributed by atoms with Crippen molar-refractivity contribution in [1.82, 2.24) is 14.9 Å². The number of aromatic nitrogens is 2. The third-order valence-electron chi connectivity index (χ3n) is 3.84. The number of hydrogen-bond acceptors (Lipinski definition) is 3. The average Bonchev–Trinajstić information content (AvgIpc) is 2.76. The van der Waals surface area contributed by atoms with E-state index in [0.717, 1.165) is 44.6 Å². The van der Waals surface area contributed by atoms with Gasteiger partial charge in [-0.05, 0) is 32.6 Å². The Kier molecular flexibility index (Phi) is 4.36. The summed E-state index contributed by atoms with van der Waals surface area (Å²) in [6.45, 7) is 3.91. The monoisotopic (exact) mass is 250 g/mol. The van der Waals surface area contributed by atoms with Crippen molar-refractivity contribution < 1.29 is 4.79 Å². The Hall–Kier alpha value is -1.36. The lowest BCUT2D eigenvalue weighted by molar-refractivity contribution is -0.122. The molecule has 1 aromatic heterocycles.